The van der Waals surface area contributed by atoms with Gasteiger partial charge in [-0.1, -0.05) is 60.7 Å². The van der Waals surface area contributed by atoms with Crippen LogP contribution in [-0.2, 0) is 67.2 Å². The zero-order chi connectivity index (χ0) is 46.9. The molecule has 1 saturated heterocycles. The van der Waals surface area contributed by atoms with E-state index in [0.717, 1.165) is 38.9 Å². The zero-order valence-electron chi connectivity index (χ0n) is 39.2. The molecule has 1 unspecified atom stereocenters. The highest BCUT2D eigenvalue weighted by atomic mass is 16.6. The van der Waals surface area contributed by atoms with Crippen molar-refractivity contribution in [3.8, 4) is 0 Å². The largest absolute Gasteiger partial charge is 0.444 e. The molecule has 5 amide bonds. The van der Waals surface area contributed by atoms with Gasteiger partial charge in [-0.2, -0.15) is 0 Å². The lowest BCUT2D eigenvalue weighted by molar-refractivity contribution is -0.139. The van der Waals surface area contributed by atoms with Crippen molar-refractivity contribution in [3.05, 3.63) is 124 Å². The predicted molar refractivity (Wildman–Crippen MR) is 249 cm³/mol. The van der Waals surface area contributed by atoms with E-state index in [0.29, 0.717) is 57.1 Å². The van der Waals surface area contributed by atoms with E-state index < -0.39 is 28.1 Å². The molecule has 0 saturated carbocycles. The highest BCUT2D eigenvalue weighted by Gasteiger charge is 2.51. The molecule has 65 heavy (non-hydrogen) atoms. The second kappa shape index (κ2) is 18.3. The van der Waals surface area contributed by atoms with E-state index in [-0.39, 0.29) is 43.4 Å². The molecule has 14 heteroatoms. The van der Waals surface area contributed by atoms with E-state index in [1.165, 1.54) is 4.90 Å². The molecule has 2 N–H and O–H groups in total. The van der Waals surface area contributed by atoms with Crippen molar-refractivity contribution in [1.29, 1.82) is 0 Å². The van der Waals surface area contributed by atoms with E-state index in [9.17, 15) is 24.0 Å². The zero-order valence-corrected chi connectivity index (χ0v) is 39.2. The summed E-state index contributed by atoms with van der Waals surface area (Å²) >= 11 is 0. The predicted octanol–water partition coefficient (Wildman–Crippen LogP) is 7.44. The number of piperazine rings is 1. The Morgan fingerprint density at radius 2 is 1.43 bits per heavy atom. The average Bonchev–Trinajstić information content (AvgIpc) is 3.75. The maximum Gasteiger partial charge on any atom is 0.410 e. The van der Waals surface area contributed by atoms with Gasteiger partial charge in [0.1, 0.15) is 23.6 Å². The van der Waals surface area contributed by atoms with Gasteiger partial charge < -0.3 is 34.8 Å². The van der Waals surface area contributed by atoms with Gasteiger partial charge in [0.15, 0.2) is 0 Å². The van der Waals surface area contributed by atoms with Crippen molar-refractivity contribution in [2.75, 3.05) is 50.4 Å². The topological polar surface area (TPSA) is 154 Å². The number of hydrogen-bond donors (Lipinski definition) is 2. The van der Waals surface area contributed by atoms with Gasteiger partial charge in [-0.05, 0) is 120 Å². The molecular formula is C51H63N7O7. The number of aromatic nitrogens is 1. The highest BCUT2D eigenvalue weighted by Crippen LogP contribution is 2.47. The van der Waals surface area contributed by atoms with E-state index in [1.807, 2.05) is 134 Å². The number of anilines is 2. The molecule has 3 aliphatic rings. The number of amides is 5. The fourth-order valence-corrected chi connectivity index (χ4v) is 8.87. The first-order valence-corrected chi connectivity index (χ1v) is 22.4. The molecule has 1 aromatic heterocycles. The van der Waals surface area contributed by atoms with Gasteiger partial charge in [0.2, 0.25) is 17.7 Å². The summed E-state index contributed by atoms with van der Waals surface area (Å²) in [6, 6.07) is 25.1. The molecule has 0 bridgehead atoms. The molecule has 344 valence electrons. The van der Waals surface area contributed by atoms with Crippen LogP contribution in [-0.4, -0.2) is 105 Å². The molecule has 3 aromatic carbocycles. The van der Waals surface area contributed by atoms with Crippen molar-refractivity contribution >= 4 is 41.4 Å². The van der Waals surface area contributed by atoms with Gasteiger partial charge in [0.25, 0.3) is 0 Å². The normalized spacial score (nSPS) is 17.2. The summed E-state index contributed by atoms with van der Waals surface area (Å²) in [5.74, 6) is -0.107. The Morgan fingerprint density at radius 3 is 2.09 bits per heavy atom. The number of carbonyl (C=O) groups excluding carboxylic acids is 5. The Balaban J connectivity index is 1.07. The summed E-state index contributed by atoms with van der Waals surface area (Å²) in [6.07, 6.45) is 1.92. The number of pyridine rings is 1. The average molecular weight is 886 g/mol. The molecule has 3 heterocycles. The number of fused-ring (bicyclic) bond motifs is 3. The minimum Gasteiger partial charge on any atom is -0.444 e. The first-order valence-electron chi connectivity index (χ1n) is 22.4. The van der Waals surface area contributed by atoms with Gasteiger partial charge in [-0.3, -0.25) is 19.3 Å². The monoisotopic (exact) mass is 885 g/mol. The Hall–Kier alpha value is -6.28. The van der Waals surface area contributed by atoms with Crippen LogP contribution in [0.2, 0.25) is 0 Å². The third kappa shape index (κ3) is 10.8. The van der Waals surface area contributed by atoms with Crippen LogP contribution in [0, 0.1) is 0 Å². The summed E-state index contributed by atoms with van der Waals surface area (Å²) in [7, 11) is 1.67. The number of benzene rings is 3. The second-order valence-electron chi connectivity index (χ2n) is 20.2. The third-order valence-corrected chi connectivity index (χ3v) is 12.3. The molecule has 2 aliphatic heterocycles. The number of hydrogen-bond acceptors (Lipinski definition) is 9. The Morgan fingerprint density at radius 1 is 0.785 bits per heavy atom. The number of rotatable bonds is 11. The maximum absolute atomic E-state index is 14.9. The van der Waals surface area contributed by atoms with E-state index in [4.69, 9.17) is 9.47 Å². The first-order chi connectivity index (χ1) is 30.6. The van der Waals surface area contributed by atoms with Gasteiger partial charge in [-0.25, -0.2) is 14.6 Å². The minimum absolute atomic E-state index is 0.0767. The Labute approximate surface area is 382 Å². The summed E-state index contributed by atoms with van der Waals surface area (Å²) in [4.78, 5) is 79.4. The van der Waals surface area contributed by atoms with Gasteiger partial charge in [-0.15, -0.1) is 0 Å². The molecule has 4 aromatic rings. The lowest BCUT2D eigenvalue weighted by Crippen LogP contribution is -2.49. The van der Waals surface area contributed by atoms with Crippen LogP contribution in [0.5, 0.6) is 0 Å². The third-order valence-electron chi connectivity index (χ3n) is 12.3. The molecule has 1 fully saturated rings. The maximum atomic E-state index is 14.9. The summed E-state index contributed by atoms with van der Waals surface area (Å²) in [5.41, 5.74) is 3.94. The van der Waals surface area contributed by atoms with E-state index in [2.05, 4.69) is 20.5 Å². The molecule has 1 aliphatic carbocycles. The van der Waals surface area contributed by atoms with Crippen molar-refractivity contribution < 1.29 is 33.4 Å². The first kappa shape index (κ1) is 46.7. The molecule has 14 nitrogen and oxygen atoms in total. The quantitative estimate of drug-likeness (QED) is 0.157. The van der Waals surface area contributed by atoms with Crippen LogP contribution in [0.25, 0.3) is 0 Å². The Kier molecular flexibility index (Phi) is 13.2. The van der Waals surface area contributed by atoms with Crippen LogP contribution < -0.4 is 10.6 Å². The molecule has 1 spiro atoms. The number of carbonyl (C=O) groups is 5. The number of nitrogens with zero attached hydrogens (tertiary/aromatic N) is 5. The molecule has 1 atom stereocenters. The minimum atomic E-state index is -1.03. The number of ether oxygens (including phenoxy) is 2. The van der Waals surface area contributed by atoms with Crippen LogP contribution in [0.3, 0.4) is 0 Å². The summed E-state index contributed by atoms with van der Waals surface area (Å²) < 4.78 is 11.2. The Bertz CT molecular complexity index is 2450. The number of nitrogens with one attached hydrogen (secondary N) is 2. The van der Waals surface area contributed by atoms with Crippen molar-refractivity contribution in [3.63, 3.8) is 0 Å². The highest BCUT2D eigenvalue weighted by molar-refractivity contribution is 6.06. The fourth-order valence-electron chi connectivity index (χ4n) is 8.87. The van der Waals surface area contributed by atoms with Crippen LogP contribution in [0.1, 0.15) is 94.3 Å². The van der Waals surface area contributed by atoms with Crippen LogP contribution >= 0.6 is 0 Å². The molecule has 0 radical (unpaired) electrons. The molecular weight excluding hydrogens is 823 g/mol. The van der Waals surface area contributed by atoms with Gasteiger partial charge >= 0.3 is 12.2 Å². The van der Waals surface area contributed by atoms with Gasteiger partial charge in [0, 0.05) is 70.3 Å². The smallest absolute Gasteiger partial charge is 0.410 e. The second-order valence-corrected chi connectivity index (χ2v) is 20.2. The van der Waals surface area contributed by atoms with E-state index >= 15 is 0 Å². The summed E-state index contributed by atoms with van der Waals surface area (Å²) in [6.45, 7) is 18.2. The van der Waals surface area contributed by atoms with Crippen molar-refractivity contribution in [2.45, 2.75) is 110 Å². The molecule has 7 rings (SSSR count). The van der Waals surface area contributed by atoms with Gasteiger partial charge in [0.05, 0.1) is 10.8 Å². The lowest BCUT2D eigenvalue weighted by atomic mass is 9.79. The lowest BCUT2D eigenvalue weighted by Gasteiger charge is -2.35. The SMILES string of the molecule is CN(Cc1ccccc1CN(CC(=O)Nc1ccc2c(c1)CC1(C2)C(=O)Nc2ncccc21)C(=O)C(C)(C)c1ccc(CN2CCN(C(=O)OC(C)(C)C)CC2)cc1)C(=O)OC(C)(C)C. The van der Waals surface area contributed by atoms with Crippen molar-refractivity contribution in [2.24, 2.45) is 0 Å². The standard InChI is InChI=1S/C51H63N7O7/c1-48(2,3)64-46(62)55(9)31-36-13-10-11-14-37(36)32-58(33-42(59)53-40-21-18-35-28-51(29-38(35)27-40)41-15-12-22-52-43(41)54-44(51)60)45(61)50(7,8)39-19-16-34(17-20-39)30-56-23-25-57(26-24-56)47(63)65-49(4,5)6/h10-22,27H,23-26,28-33H2,1-9H3,(H,53,59)(H,52,54,60). The fraction of sp³-hybridized carbons (Fsp3) is 0.451. The van der Waals surface area contributed by atoms with Crippen LogP contribution in [0.4, 0.5) is 21.1 Å². The van der Waals surface area contributed by atoms with E-state index in [1.54, 1.807) is 23.0 Å². The summed E-state index contributed by atoms with van der Waals surface area (Å²) in [5, 5.41) is 5.99. The van der Waals surface area contributed by atoms with Crippen molar-refractivity contribution in [1.82, 2.24) is 24.6 Å². The van der Waals surface area contributed by atoms with Crippen LogP contribution in [0.15, 0.2) is 85.1 Å².